The number of nitrogens with zero attached hydrogens (tertiary/aromatic N) is 3. The molecule has 0 fully saturated rings. The first-order valence-corrected chi connectivity index (χ1v) is 9.59. The van der Waals surface area contributed by atoms with E-state index in [2.05, 4.69) is 34.6 Å². The van der Waals surface area contributed by atoms with Crippen molar-refractivity contribution in [2.45, 2.75) is 39.8 Å². The summed E-state index contributed by atoms with van der Waals surface area (Å²) >= 11 is 0. The Bertz CT molecular complexity index is 842. The molecule has 0 spiro atoms. The van der Waals surface area contributed by atoms with Crippen molar-refractivity contribution in [3.05, 3.63) is 34.6 Å². The number of aliphatic imine (C=N–C) groups is 1. The Morgan fingerprint density at radius 3 is 2.13 bits per heavy atom. The second-order valence-electron chi connectivity index (χ2n) is 6.96. The summed E-state index contributed by atoms with van der Waals surface area (Å²) in [4.78, 5) is 4.35. The first-order chi connectivity index (χ1) is 13.8. The Hall–Kier alpha value is -2.17. The summed E-state index contributed by atoms with van der Waals surface area (Å²) in [6, 6.07) is 3.86. The average Bonchev–Trinajstić information content (AvgIpc) is 2.96. The van der Waals surface area contributed by atoms with Crippen LogP contribution in [0.2, 0.25) is 0 Å². The Morgan fingerprint density at radius 2 is 1.70 bits per heavy atom. The second kappa shape index (κ2) is 11.9. The fourth-order valence-electron chi connectivity index (χ4n) is 3.32. The van der Waals surface area contributed by atoms with Crippen LogP contribution in [0.15, 0.2) is 17.1 Å². The van der Waals surface area contributed by atoms with Crippen molar-refractivity contribution < 1.29 is 14.2 Å². The van der Waals surface area contributed by atoms with Gasteiger partial charge < -0.3 is 24.8 Å². The topological polar surface area (TPSA) is 81.9 Å². The molecule has 8 nitrogen and oxygen atoms in total. The summed E-state index contributed by atoms with van der Waals surface area (Å²) in [5.74, 6) is 2.77. The molecule has 2 aromatic rings. The molecular formula is C21H34IN5O3. The van der Waals surface area contributed by atoms with E-state index in [9.17, 15) is 0 Å². The van der Waals surface area contributed by atoms with Gasteiger partial charge in [0, 0.05) is 38.0 Å². The van der Waals surface area contributed by atoms with Gasteiger partial charge in [0.05, 0.1) is 39.1 Å². The molecule has 1 unspecified atom stereocenters. The first-order valence-electron chi connectivity index (χ1n) is 9.59. The fraction of sp³-hybridized carbons (Fsp3) is 0.524. The Kier molecular flexibility index (Phi) is 10.2. The van der Waals surface area contributed by atoms with Gasteiger partial charge in [0.1, 0.15) is 17.2 Å². The lowest BCUT2D eigenvalue weighted by Gasteiger charge is -2.20. The zero-order valence-corrected chi connectivity index (χ0v) is 21.5. The number of ether oxygens (including phenoxy) is 3. The van der Waals surface area contributed by atoms with E-state index in [0.717, 1.165) is 17.7 Å². The quantitative estimate of drug-likeness (QED) is 0.310. The van der Waals surface area contributed by atoms with E-state index in [1.807, 2.05) is 30.8 Å². The maximum atomic E-state index is 5.52. The molecular weight excluding hydrogens is 497 g/mol. The number of nitrogens with one attached hydrogen (secondary N) is 2. The number of hydrogen-bond donors (Lipinski definition) is 2. The molecule has 0 saturated carbocycles. The van der Waals surface area contributed by atoms with Crippen LogP contribution in [0.4, 0.5) is 0 Å². The molecule has 2 rings (SSSR count). The van der Waals surface area contributed by atoms with Gasteiger partial charge in [0.25, 0.3) is 0 Å². The Balaban J connectivity index is 0.00000450. The van der Waals surface area contributed by atoms with Crippen LogP contribution in [0.5, 0.6) is 17.2 Å². The lowest BCUT2D eigenvalue weighted by Crippen LogP contribution is -2.42. The van der Waals surface area contributed by atoms with Gasteiger partial charge in [-0.05, 0) is 32.8 Å². The Labute approximate surface area is 196 Å². The van der Waals surface area contributed by atoms with Gasteiger partial charge in [-0.1, -0.05) is 0 Å². The summed E-state index contributed by atoms with van der Waals surface area (Å²) in [5.41, 5.74) is 4.41. The maximum absolute atomic E-state index is 5.52. The number of guanidine groups is 1. The molecule has 1 aromatic heterocycles. The summed E-state index contributed by atoms with van der Waals surface area (Å²) < 4.78 is 18.3. The molecule has 0 aliphatic carbocycles. The third-order valence-electron chi connectivity index (χ3n) is 5.03. The van der Waals surface area contributed by atoms with Crippen LogP contribution in [0.3, 0.4) is 0 Å². The van der Waals surface area contributed by atoms with E-state index >= 15 is 0 Å². The van der Waals surface area contributed by atoms with Crippen LogP contribution >= 0.6 is 24.0 Å². The minimum atomic E-state index is 0. The van der Waals surface area contributed by atoms with Crippen LogP contribution < -0.4 is 24.8 Å². The molecule has 0 aliphatic heterocycles. The van der Waals surface area contributed by atoms with E-state index in [4.69, 9.17) is 14.2 Å². The van der Waals surface area contributed by atoms with Crippen LogP contribution in [-0.2, 0) is 20.0 Å². The number of rotatable bonds is 8. The highest BCUT2D eigenvalue weighted by molar-refractivity contribution is 14.0. The molecule has 1 atom stereocenters. The molecule has 1 aromatic carbocycles. The number of benzene rings is 1. The summed E-state index contributed by atoms with van der Waals surface area (Å²) in [7, 11) is 8.60. The smallest absolute Gasteiger partial charge is 0.191 e. The van der Waals surface area contributed by atoms with Gasteiger partial charge in [0.15, 0.2) is 5.96 Å². The van der Waals surface area contributed by atoms with Crippen LogP contribution in [0.1, 0.15) is 29.4 Å². The lowest BCUT2D eigenvalue weighted by molar-refractivity contribution is 0.368. The highest BCUT2D eigenvalue weighted by atomic mass is 127. The summed E-state index contributed by atoms with van der Waals surface area (Å²) in [6.45, 7) is 6.77. The van der Waals surface area contributed by atoms with E-state index in [1.54, 1.807) is 28.4 Å². The van der Waals surface area contributed by atoms with E-state index < -0.39 is 0 Å². The van der Waals surface area contributed by atoms with Crippen molar-refractivity contribution in [2.24, 2.45) is 12.0 Å². The summed E-state index contributed by atoms with van der Waals surface area (Å²) in [5, 5.41) is 11.3. The maximum Gasteiger partial charge on any atom is 0.191 e. The monoisotopic (exact) mass is 531 g/mol. The van der Waals surface area contributed by atoms with Crippen LogP contribution in [0, 0.1) is 13.8 Å². The SMILES string of the molecule is CN=C(NCc1c(OC)cc(OC)cc1OC)NC(C)Cc1c(C)nn(C)c1C.I. The second-order valence-corrected chi connectivity index (χ2v) is 6.96. The molecule has 9 heteroatoms. The van der Waals surface area contributed by atoms with Crippen molar-refractivity contribution in [3.8, 4) is 17.2 Å². The predicted molar refractivity (Wildman–Crippen MR) is 131 cm³/mol. The third kappa shape index (κ3) is 6.16. The molecule has 30 heavy (non-hydrogen) atoms. The number of halogens is 1. The summed E-state index contributed by atoms with van der Waals surface area (Å²) in [6.07, 6.45) is 0.862. The Morgan fingerprint density at radius 1 is 1.10 bits per heavy atom. The highest BCUT2D eigenvalue weighted by Crippen LogP contribution is 2.33. The largest absolute Gasteiger partial charge is 0.496 e. The van der Waals surface area contributed by atoms with Crippen molar-refractivity contribution >= 4 is 29.9 Å². The molecule has 0 bridgehead atoms. The highest BCUT2D eigenvalue weighted by Gasteiger charge is 2.16. The number of methoxy groups -OCH3 is 3. The molecule has 0 amide bonds. The minimum Gasteiger partial charge on any atom is -0.496 e. The number of aromatic nitrogens is 2. The fourth-order valence-corrected chi connectivity index (χ4v) is 3.32. The van der Waals surface area contributed by atoms with E-state index in [0.29, 0.717) is 29.8 Å². The van der Waals surface area contributed by atoms with Gasteiger partial charge in [-0.3, -0.25) is 9.67 Å². The number of hydrogen-bond acceptors (Lipinski definition) is 5. The van der Waals surface area contributed by atoms with Gasteiger partial charge in [-0.25, -0.2) is 0 Å². The standard InChI is InChI=1S/C21H33N5O3.HI/c1-13(9-17-14(2)25-26(5)15(17)3)24-21(22-4)23-12-18-19(28-7)10-16(27-6)11-20(18)29-8;/h10-11,13H,9,12H2,1-8H3,(H2,22,23,24);1H. The van der Waals surface area contributed by atoms with Gasteiger partial charge in [0.2, 0.25) is 0 Å². The van der Waals surface area contributed by atoms with Crippen LogP contribution in [0.25, 0.3) is 0 Å². The molecule has 1 heterocycles. The third-order valence-corrected chi connectivity index (χ3v) is 5.03. The molecule has 168 valence electrons. The van der Waals surface area contributed by atoms with Crippen molar-refractivity contribution in [2.75, 3.05) is 28.4 Å². The zero-order valence-electron chi connectivity index (χ0n) is 19.1. The minimum absolute atomic E-state index is 0. The van der Waals surface area contributed by atoms with E-state index in [-0.39, 0.29) is 30.0 Å². The molecule has 2 N–H and O–H groups in total. The normalized spacial score (nSPS) is 12.1. The van der Waals surface area contributed by atoms with Gasteiger partial charge >= 0.3 is 0 Å². The van der Waals surface area contributed by atoms with Gasteiger partial charge in [-0.15, -0.1) is 24.0 Å². The van der Waals surface area contributed by atoms with Crippen molar-refractivity contribution in [3.63, 3.8) is 0 Å². The predicted octanol–water partition coefficient (Wildman–Crippen LogP) is 2.98. The van der Waals surface area contributed by atoms with Crippen molar-refractivity contribution in [1.29, 1.82) is 0 Å². The number of aryl methyl sites for hydroxylation is 2. The van der Waals surface area contributed by atoms with Crippen molar-refractivity contribution in [1.82, 2.24) is 20.4 Å². The first kappa shape index (κ1) is 25.9. The molecule has 0 radical (unpaired) electrons. The van der Waals surface area contributed by atoms with Gasteiger partial charge in [-0.2, -0.15) is 5.10 Å². The zero-order chi connectivity index (χ0) is 21.6. The molecule has 0 saturated heterocycles. The molecule has 0 aliphatic rings. The van der Waals surface area contributed by atoms with Crippen LogP contribution in [-0.4, -0.2) is 50.2 Å². The average molecular weight is 531 g/mol. The van der Waals surface area contributed by atoms with E-state index in [1.165, 1.54) is 11.3 Å². The lowest BCUT2D eigenvalue weighted by atomic mass is 10.1.